The van der Waals surface area contributed by atoms with Gasteiger partial charge in [0, 0.05) is 27.2 Å². The molecule has 3 aromatic carbocycles. The number of rotatable bonds is 2. The first-order valence-electron chi connectivity index (χ1n) is 6.62. The Hall–Kier alpha value is -0.620. The van der Waals surface area contributed by atoms with Crippen LogP contribution in [0.3, 0.4) is 0 Å². The molecule has 0 aliphatic rings. The Morgan fingerprint density at radius 3 is 2.26 bits per heavy atom. The summed E-state index contributed by atoms with van der Waals surface area (Å²) in [4.78, 5) is 12.7. The van der Waals surface area contributed by atoms with Crippen molar-refractivity contribution in [3.8, 4) is 5.75 Å². The molecule has 0 radical (unpaired) electrons. The number of hydrogen-bond acceptors (Lipinski definition) is 3. The number of carbonyl (C=O) groups is 1. The van der Waals surface area contributed by atoms with Crippen molar-refractivity contribution in [2.45, 2.75) is 0 Å². The van der Waals surface area contributed by atoms with Crippen LogP contribution in [0.5, 0.6) is 5.75 Å². The predicted molar refractivity (Wildman–Crippen MR) is 118 cm³/mol. The Bertz CT molecular complexity index is 925. The van der Waals surface area contributed by atoms with E-state index in [-0.39, 0.29) is 5.97 Å². The molecule has 6 heteroatoms. The van der Waals surface area contributed by atoms with Gasteiger partial charge in [0.15, 0.2) is 0 Å². The quantitative estimate of drug-likeness (QED) is 0.133. The van der Waals surface area contributed by atoms with E-state index < -0.39 is 0 Å². The van der Waals surface area contributed by atoms with Crippen LogP contribution in [0.4, 0.5) is 5.69 Å². The van der Waals surface area contributed by atoms with Crippen molar-refractivity contribution in [2.75, 3.05) is 5.73 Å². The summed E-state index contributed by atoms with van der Waals surface area (Å²) in [7, 11) is 0. The maximum absolute atomic E-state index is 12.7. The molecule has 0 aromatic heterocycles. The van der Waals surface area contributed by atoms with Crippen molar-refractivity contribution in [1.82, 2.24) is 0 Å². The minimum Gasteiger partial charge on any atom is -0.422 e. The zero-order valence-corrected chi connectivity index (χ0v) is 18.1. The lowest BCUT2D eigenvalue weighted by Gasteiger charge is -2.12. The lowest BCUT2D eigenvalue weighted by atomic mass is 10.1. The molecule has 3 nitrogen and oxygen atoms in total. The average Bonchev–Trinajstić information content (AvgIpc) is 2.54. The number of halogens is 3. The fourth-order valence-electron chi connectivity index (χ4n) is 2.25. The Labute approximate surface area is 174 Å². The lowest BCUT2D eigenvalue weighted by Crippen LogP contribution is -2.13. The van der Waals surface area contributed by atoms with Crippen molar-refractivity contribution in [3.63, 3.8) is 0 Å². The molecule has 3 rings (SSSR count). The molecule has 0 bridgehead atoms. The molecule has 0 fully saturated rings. The van der Waals surface area contributed by atoms with Gasteiger partial charge in [0.1, 0.15) is 5.75 Å². The molecule has 23 heavy (non-hydrogen) atoms. The van der Waals surface area contributed by atoms with Crippen molar-refractivity contribution < 1.29 is 9.53 Å². The summed E-state index contributed by atoms with van der Waals surface area (Å²) >= 11 is 6.55. The highest BCUT2D eigenvalue weighted by atomic mass is 127. The second-order valence-electron chi connectivity index (χ2n) is 4.81. The Balaban J connectivity index is 2.05. The maximum atomic E-state index is 12.7. The van der Waals surface area contributed by atoms with Gasteiger partial charge < -0.3 is 10.5 Å². The Morgan fingerprint density at radius 1 is 0.870 bits per heavy atom. The van der Waals surface area contributed by atoms with Gasteiger partial charge in [-0.2, -0.15) is 0 Å². The average molecular weight is 641 g/mol. The molecule has 0 unspecified atom stereocenters. The molecule has 0 aliphatic carbocycles. The van der Waals surface area contributed by atoms with Gasteiger partial charge in [-0.05, 0) is 92.0 Å². The SMILES string of the molecule is Nc1ccc(OC(=O)c2c(I)ccc(I)c2I)c2ccccc12. The van der Waals surface area contributed by atoms with E-state index in [9.17, 15) is 4.79 Å². The highest BCUT2D eigenvalue weighted by Crippen LogP contribution is 2.32. The first-order valence-corrected chi connectivity index (χ1v) is 9.85. The molecule has 0 aliphatic heterocycles. The van der Waals surface area contributed by atoms with Crippen molar-refractivity contribution >= 4 is 90.2 Å². The summed E-state index contributed by atoms with van der Waals surface area (Å²) < 4.78 is 8.48. The number of benzene rings is 3. The van der Waals surface area contributed by atoms with E-state index in [0.717, 1.165) is 21.5 Å². The molecule has 0 atom stereocenters. The Kier molecular flexibility index (Phi) is 5.31. The summed E-state index contributed by atoms with van der Waals surface area (Å²) in [6, 6.07) is 15.0. The third-order valence-corrected chi connectivity index (χ3v) is 7.32. The number of hydrogen-bond donors (Lipinski definition) is 1. The van der Waals surface area contributed by atoms with Crippen LogP contribution in [0, 0.1) is 10.7 Å². The van der Waals surface area contributed by atoms with Crippen LogP contribution in [-0.4, -0.2) is 5.97 Å². The largest absolute Gasteiger partial charge is 0.422 e. The van der Waals surface area contributed by atoms with Gasteiger partial charge in [0.05, 0.1) is 5.56 Å². The normalized spacial score (nSPS) is 10.7. The monoisotopic (exact) mass is 641 g/mol. The molecule has 2 N–H and O–H groups in total. The molecular formula is C17H10I3NO2. The molecule has 0 saturated carbocycles. The summed E-state index contributed by atoms with van der Waals surface area (Å²) in [5.41, 5.74) is 7.25. The fraction of sp³-hybridized carbons (Fsp3) is 0. The van der Waals surface area contributed by atoms with Crippen LogP contribution < -0.4 is 10.5 Å². The summed E-state index contributed by atoms with van der Waals surface area (Å²) in [5.74, 6) is 0.164. The topological polar surface area (TPSA) is 52.3 Å². The third kappa shape index (κ3) is 3.43. The van der Waals surface area contributed by atoms with Crippen LogP contribution in [0.2, 0.25) is 0 Å². The molecule has 3 aromatic rings. The van der Waals surface area contributed by atoms with Crippen molar-refractivity contribution in [1.29, 1.82) is 0 Å². The lowest BCUT2D eigenvalue weighted by molar-refractivity contribution is 0.0735. The Morgan fingerprint density at radius 2 is 1.52 bits per heavy atom. The van der Waals surface area contributed by atoms with Crippen LogP contribution in [0.15, 0.2) is 48.5 Å². The number of fused-ring (bicyclic) bond motifs is 1. The van der Waals surface area contributed by atoms with E-state index in [2.05, 4.69) is 67.8 Å². The first-order chi connectivity index (χ1) is 11.0. The molecule has 0 heterocycles. The summed E-state index contributed by atoms with van der Waals surface area (Å²) in [6.45, 7) is 0. The minimum atomic E-state index is -0.354. The van der Waals surface area contributed by atoms with E-state index >= 15 is 0 Å². The van der Waals surface area contributed by atoms with Crippen LogP contribution in [-0.2, 0) is 0 Å². The maximum Gasteiger partial charge on any atom is 0.345 e. The van der Waals surface area contributed by atoms with E-state index in [1.54, 1.807) is 12.1 Å². The van der Waals surface area contributed by atoms with Gasteiger partial charge in [-0.15, -0.1) is 0 Å². The zero-order chi connectivity index (χ0) is 16.6. The smallest absolute Gasteiger partial charge is 0.345 e. The van der Waals surface area contributed by atoms with Gasteiger partial charge >= 0.3 is 5.97 Å². The first kappa shape index (κ1) is 17.2. The van der Waals surface area contributed by atoms with Crippen molar-refractivity contribution in [3.05, 3.63) is 64.8 Å². The van der Waals surface area contributed by atoms with Gasteiger partial charge in [0.2, 0.25) is 0 Å². The molecule has 0 spiro atoms. The number of esters is 1. The molecule has 0 amide bonds. The third-order valence-electron chi connectivity index (χ3n) is 3.37. The number of nitrogen functional groups attached to an aromatic ring is 1. The zero-order valence-electron chi connectivity index (χ0n) is 11.6. The molecular weight excluding hydrogens is 631 g/mol. The van der Waals surface area contributed by atoms with E-state index in [0.29, 0.717) is 17.0 Å². The number of anilines is 1. The van der Waals surface area contributed by atoms with E-state index in [4.69, 9.17) is 10.5 Å². The molecule has 116 valence electrons. The number of carbonyl (C=O) groups excluding carboxylic acids is 1. The predicted octanol–water partition coefficient (Wildman–Crippen LogP) is 5.46. The standard InChI is InChI=1S/C17H10I3NO2/c18-11-5-6-12(19)16(20)15(11)17(22)23-14-8-7-13(21)9-3-1-2-4-10(9)14/h1-8H,21H2. The fourth-order valence-corrected chi connectivity index (χ4v) is 4.57. The summed E-state index contributed by atoms with van der Waals surface area (Å²) in [6.07, 6.45) is 0. The van der Waals surface area contributed by atoms with E-state index in [1.807, 2.05) is 36.4 Å². The van der Waals surface area contributed by atoms with Gasteiger partial charge in [-0.25, -0.2) is 4.79 Å². The van der Waals surface area contributed by atoms with Gasteiger partial charge in [-0.3, -0.25) is 0 Å². The van der Waals surface area contributed by atoms with Gasteiger partial charge in [-0.1, -0.05) is 24.3 Å². The van der Waals surface area contributed by atoms with E-state index in [1.165, 1.54) is 0 Å². The van der Waals surface area contributed by atoms with Crippen LogP contribution in [0.25, 0.3) is 10.8 Å². The highest BCUT2D eigenvalue weighted by Gasteiger charge is 2.19. The minimum absolute atomic E-state index is 0.354. The van der Waals surface area contributed by atoms with Gasteiger partial charge in [0.25, 0.3) is 0 Å². The van der Waals surface area contributed by atoms with Crippen LogP contribution in [0.1, 0.15) is 10.4 Å². The highest BCUT2D eigenvalue weighted by molar-refractivity contribution is 14.1. The van der Waals surface area contributed by atoms with Crippen molar-refractivity contribution in [2.24, 2.45) is 0 Å². The van der Waals surface area contributed by atoms with Crippen LogP contribution >= 0.6 is 67.8 Å². The molecule has 0 saturated heterocycles. The second kappa shape index (κ2) is 7.09. The second-order valence-corrected chi connectivity index (χ2v) is 8.21. The number of nitrogens with two attached hydrogens (primary N) is 1. The number of ether oxygens (including phenoxy) is 1. The summed E-state index contributed by atoms with van der Waals surface area (Å²) in [5, 5.41) is 1.71.